The minimum Gasteiger partial charge on any atom is -0.219 e. The van der Waals surface area contributed by atoms with E-state index in [9.17, 15) is 8.42 Å². The number of sulfone groups is 1. The molecule has 0 spiro atoms. The van der Waals surface area contributed by atoms with E-state index in [0.29, 0.717) is 10.5 Å². The van der Waals surface area contributed by atoms with E-state index in [-0.39, 0.29) is 0 Å². The van der Waals surface area contributed by atoms with Gasteiger partial charge in [-0.25, -0.2) is 8.42 Å². The summed E-state index contributed by atoms with van der Waals surface area (Å²) in [5.74, 6) is 0. The van der Waals surface area contributed by atoms with Crippen LogP contribution in [0.4, 0.5) is 0 Å². The molecule has 17 heavy (non-hydrogen) atoms. The van der Waals surface area contributed by atoms with Crippen molar-refractivity contribution in [2.75, 3.05) is 0 Å². The Bertz CT molecular complexity index is 628. The van der Waals surface area contributed by atoms with Gasteiger partial charge >= 0.3 is 0 Å². The zero-order valence-electron chi connectivity index (χ0n) is 9.21. The molecule has 3 heteroatoms. The maximum atomic E-state index is 11.9. The third kappa shape index (κ3) is 2.29. The summed E-state index contributed by atoms with van der Waals surface area (Å²) in [6.07, 6.45) is 0. The molecule has 0 aromatic heterocycles. The first-order valence-corrected chi connectivity index (χ1v) is 6.72. The van der Waals surface area contributed by atoms with E-state index in [4.69, 9.17) is 0 Å². The third-order valence-electron chi connectivity index (χ3n) is 2.50. The van der Waals surface area contributed by atoms with E-state index in [0.717, 1.165) is 11.0 Å². The third-order valence-corrected chi connectivity index (χ3v) is 3.91. The normalized spacial score (nSPS) is 11.1. The van der Waals surface area contributed by atoms with Gasteiger partial charge in [0.25, 0.3) is 0 Å². The van der Waals surface area contributed by atoms with Gasteiger partial charge in [0.1, 0.15) is 0 Å². The van der Waals surface area contributed by atoms with Gasteiger partial charge in [0.15, 0.2) is 9.84 Å². The second-order valence-electron chi connectivity index (χ2n) is 3.57. The van der Waals surface area contributed by atoms with Gasteiger partial charge in [0.2, 0.25) is 0 Å². The Labute approximate surface area is 101 Å². The van der Waals surface area contributed by atoms with Crippen molar-refractivity contribution in [2.24, 2.45) is 0 Å². The largest absolute Gasteiger partial charge is 0.219 e. The van der Waals surface area contributed by atoms with Crippen molar-refractivity contribution in [3.63, 3.8) is 0 Å². The van der Waals surface area contributed by atoms with Crippen molar-refractivity contribution in [1.82, 2.24) is 0 Å². The highest BCUT2D eigenvalue weighted by molar-refractivity contribution is 7.94. The predicted octanol–water partition coefficient (Wildman–Crippen LogP) is 3.27. The Hall–Kier alpha value is -1.87. The van der Waals surface area contributed by atoms with Gasteiger partial charge < -0.3 is 0 Å². The maximum Gasteiger partial charge on any atom is 0.199 e. The van der Waals surface area contributed by atoms with Crippen molar-refractivity contribution in [2.45, 2.75) is 4.90 Å². The smallest absolute Gasteiger partial charge is 0.199 e. The van der Waals surface area contributed by atoms with Crippen LogP contribution in [0.5, 0.6) is 0 Å². The molecule has 0 N–H and O–H groups in total. The predicted molar refractivity (Wildman–Crippen MR) is 69.3 cm³/mol. The molecule has 86 valence electrons. The number of hydrogen-bond donors (Lipinski definition) is 0. The summed E-state index contributed by atoms with van der Waals surface area (Å²) in [5, 5.41) is 0.981. The van der Waals surface area contributed by atoms with E-state index in [1.165, 1.54) is 0 Å². The zero-order valence-corrected chi connectivity index (χ0v) is 10.0. The second-order valence-corrected chi connectivity index (χ2v) is 5.44. The van der Waals surface area contributed by atoms with Crippen LogP contribution in [0.3, 0.4) is 0 Å². The fourth-order valence-electron chi connectivity index (χ4n) is 1.66. The average Bonchev–Trinajstić information content (AvgIpc) is 2.40. The van der Waals surface area contributed by atoms with E-state index < -0.39 is 9.84 Å². The quantitative estimate of drug-likeness (QED) is 0.830. The zero-order chi connectivity index (χ0) is 12.3. The highest BCUT2D eigenvalue weighted by Crippen LogP contribution is 2.27. The van der Waals surface area contributed by atoms with Crippen molar-refractivity contribution in [1.29, 1.82) is 0 Å². The van der Waals surface area contributed by atoms with Crippen molar-refractivity contribution < 1.29 is 8.42 Å². The van der Waals surface area contributed by atoms with Crippen LogP contribution in [0.2, 0.25) is 0 Å². The van der Waals surface area contributed by atoms with Crippen LogP contribution >= 0.6 is 0 Å². The van der Waals surface area contributed by atoms with E-state index >= 15 is 0 Å². The van der Waals surface area contributed by atoms with Crippen LogP contribution in [-0.2, 0) is 9.84 Å². The van der Waals surface area contributed by atoms with Gasteiger partial charge in [0.05, 0.1) is 4.90 Å². The molecular weight excluding hydrogens is 232 g/mol. The maximum absolute atomic E-state index is 11.9. The molecule has 0 heterocycles. The molecular formula is C14H12O2S. The lowest BCUT2D eigenvalue weighted by molar-refractivity contribution is 0.605. The summed E-state index contributed by atoms with van der Waals surface area (Å²) in [6.45, 7) is 3.36. The van der Waals surface area contributed by atoms with Gasteiger partial charge in [-0.15, -0.1) is 0 Å². The average molecular weight is 244 g/mol. The minimum atomic E-state index is -3.41. The van der Waals surface area contributed by atoms with Crippen molar-refractivity contribution in [3.8, 4) is 11.1 Å². The SMILES string of the molecule is C=CS(=O)(=O)c1ccccc1-c1ccccc1. The van der Waals surface area contributed by atoms with Crippen LogP contribution in [0.1, 0.15) is 0 Å². The van der Waals surface area contributed by atoms with E-state index in [2.05, 4.69) is 6.58 Å². The summed E-state index contributed by atoms with van der Waals surface area (Å²) < 4.78 is 23.8. The minimum absolute atomic E-state index is 0.293. The lowest BCUT2D eigenvalue weighted by Crippen LogP contribution is -1.98. The molecule has 0 radical (unpaired) electrons. The lowest BCUT2D eigenvalue weighted by Gasteiger charge is -2.07. The monoisotopic (exact) mass is 244 g/mol. The van der Waals surface area contributed by atoms with Crippen LogP contribution in [0, 0.1) is 0 Å². The summed E-state index contributed by atoms with van der Waals surface area (Å²) in [7, 11) is -3.41. The van der Waals surface area contributed by atoms with Crippen LogP contribution in [0.15, 0.2) is 71.5 Å². The van der Waals surface area contributed by atoms with Gasteiger partial charge in [0, 0.05) is 11.0 Å². The van der Waals surface area contributed by atoms with Gasteiger partial charge in [-0.2, -0.15) is 0 Å². The fraction of sp³-hybridized carbons (Fsp3) is 0. The van der Waals surface area contributed by atoms with Crippen molar-refractivity contribution >= 4 is 9.84 Å². The van der Waals surface area contributed by atoms with E-state index in [1.807, 2.05) is 36.4 Å². The topological polar surface area (TPSA) is 34.1 Å². The molecule has 2 rings (SSSR count). The molecule has 0 aliphatic heterocycles. The van der Waals surface area contributed by atoms with Gasteiger partial charge in [-0.3, -0.25) is 0 Å². The fourth-order valence-corrected chi connectivity index (χ4v) is 2.60. The van der Waals surface area contributed by atoms with Crippen LogP contribution < -0.4 is 0 Å². The van der Waals surface area contributed by atoms with Gasteiger partial charge in [-0.1, -0.05) is 55.1 Å². The molecule has 0 aliphatic carbocycles. The highest BCUT2D eigenvalue weighted by Gasteiger charge is 2.14. The number of hydrogen-bond acceptors (Lipinski definition) is 2. The molecule has 0 fully saturated rings. The van der Waals surface area contributed by atoms with Gasteiger partial charge in [-0.05, 0) is 11.6 Å². The Balaban J connectivity index is 2.69. The number of benzene rings is 2. The van der Waals surface area contributed by atoms with Crippen LogP contribution in [0.25, 0.3) is 11.1 Å². The Morgan fingerprint density at radius 3 is 2.12 bits per heavy atom. The van der Waals surface area contributed by atoms with E-state index in [1.54, 1.807) is 18.2 Å². The Kier molecular flexibility index (Phi) is 3.11. The molecule has 0 saturated heterocycles. The summed E-state index contributed by atoms with van der Waals surface area (Å²) in [6, 6.07) is 16.4. The summed E-state index contributed by atoms with van der Waals surface area (Å²) >= 11 is 0. The molecule has 0 bridgehead atoms. The number of rotatable bonds is 3. The van der Waals surface area contributed by atoms with Crippen molar-refractivity contribution in [3.05, 3.63) is 66.6 Å². The second kappa shape index (κ2) is 4.55. The molecule has 0 amide bonds. The molecule has 0 atom stereocenters. The summed E-state index contributed by atoms with van der Waals surface area (Å²) in [5.41, 5.74) is 1.58. The first-order valence-electron chi connectivity index (χ1n) is 5.17. The first kappa shape index (κ1) is 11.6. The standard InChI is InChI=1S/C14H12O2S/c1-2-17(15,16)14-11-7-6-10-13(14)12-8-4-3-5-9-12/h2-11H,1H2. The Morgan fingerprint density at radius 2 is 1.47 bits per heavy atom. The first-order chi connectivity index (χ1) is 8.15. The lowest BCUT2D eigenvalue weighted by atomic mass is 10.1. The summed E-state index contributed by atoms with van der Waals surface area (Å²) in [4.78, 5) is 0.293. The molecule has 2 aromatic rings. The van der Waals surface area contributed by atoms with Crippen LogP contribution in [-0.4, -0.2) is 8.42 Å². The molecule has 0 unspecified atom stereocenters. The molecule has 2 aromatic carbocycles. The highest BCUT2D eigenvalue weighted by atomic mass is 32.2. The molecule has 2 nitrogen and oxygen atoms in total. The Morgan fingerprint density at radius 1 is 0.882 bits per heavy atom. The molecule has 0 aliphatic rings. The molecule has 0 saturated carbocycles.